The number of esters is 1. The molecule has 0 radical (unpaired) electrons. The molecule has 0 saturated carbocycles. The van der Waals surface area contributed by atoms with Gasteiger partial charge in [0.05, 0.1) is 5.02 Å². The number of benzene rings is 2. The van der Waals surface area contributed by atoms with Gasteiger partial charge >= 0.3 is 5.97 Å². The maximum absolute atomic E-state index is 12.1. The Kier molecular flexibility index (Phi) is 7.53. The van der Waals surface area contributed by atoms with Crippen molar-refractivity contribution in [2.75, 3.05) is 11.9 Å². The van der Waals surface area contributed by atoms with Crippen molar-refractivity contribution in [1.29, 1.82) is 0 Å². The third kappa shape index (κ3) is 5.86. The first kappa shape index (κ1) is 21.5. The summed E-state index contributed by atoms with van der Waals surface area (Å²) in [5.41, 5.74) is 2.61. The van der Waals surface area contributed by atoms with Crippen LogP contribution in [0, 0.1) is 13.8 Å². The zero-order valence-electron chi connectivity index (χ0n) is 14.9. The van der Waals surface area contributed by atoms with Gasteiger partial charge in [-0.05, 0) is 62.2 Å². The van der Waals surface area contributed by atoms with Gasteiger partial charge in [0.15, 0.2) is 12.7 Å². The number of carbonyl (C=O) groups excluding carboxylic acids is 2. The molecule has 0 bridgehead atoms. The van der Waals surface area contributed by atoms with Crippen LogP contribution in [0.3, 0.4) is 0 Å². The highest BCUT2D eigenvalue weighted by molar-refractivity contribution is 9.10. The van der Waals surface area contributed by atoms with E-state index in [0.29, 0.717) is 16.5 Å². The molecule has 0 unspecified atom stereocenters. The zero-order chi connectivity index (χ0) is 20.1. The van der Waals surface area contributed by atoms with E-state index in [4.69, 9.17) is 32.7 Å². The van der Waals surface area contributed by atoms with Gasteiger partial charge in [-0.2, -0.15) is 0 Å². The van der Waals surface area contributed by atoms with Crippen molar-refractivity contribution in [2.24, 2.45) is 0 Å². The Balaban J connectivity index is 1.89. The minimum Gasteiger partial charge on any atom is -0.477 e. The molecule has 27 heavy (non-hydrogen) atoms. The minimum absolute atomic E-state index is 0.279. The zero-order valence-corrected chi connectivity index (χ0v) is 18.0. The van der Waals surface area contributed by atoms with E-state index in [2.05, 4.69) is 21.2 Å². The highest BCUT2D eigenvalue weighted by Gasteiger charge is 2.19. The highest BCUT2D eigenvalue weighted by atomic mass is 79.9. The number of hydrogen-bond donors (Lipinski definition) is 1. The molecule has 0 saturated heterocycles. The number of amides is 1. The molecule has 0 aliphatic carbocycles. The first-order valence-corrected chi connectivity index (χ1v) is 9.58. The second-order valence-electron chi connectivity index (χ2n) is 5.84. The van der Waals surface area contributed by atoms with E-state index < -0.39 is 24.6 Å². The van der Waals surface area contributed by atoms with Crippen LogP contribution in [0.1, 0.15) is 18.1 Å². The second kappa shape index (κ2) is 9.44. The fraction of sp³-hybridized carbons (Fsp3) is 0.263. The maximum Gasteiger partial charge on any atom is 0.347 e. The fourth-order valence-corrected chi connectivity index (χ4v) is 3.06. The number of hydrogen-bond acceptors (Lipinski definition) is 4. The van der Waals surface area contributed by atoms with Crippen molar-refractivity contribution in [3.8, 4) is 5.75 Å². The molecule has 0 aliphatic rings. The van der Waals surface area contributed by atoms with Crippen LogP contribution >= 0.6 is 39.1 Å². The molecule has 2 rings (SSSR count). The Morgan fingerprint density at radius 2 is 1.85 bits per heavy atom. The van der Waals surface area contributed by atoms with Crippen LogP contribution in [0.4, 0.5) is 5.69 Å². The van der Waals surface area contributed by atoms with E-state index in [-0.39, 0.29) is 5.02 Å². The standard InChI is InChI=1S/C19H18BrCl2NO4/c1-10-11(2)16(6-5-14(10)20)23-18(24)9-26-19(25)12(3)27-17-7-4-13(21)8-15(17)22/h4-8,12H,9H2,1-3H3,(H,23,24)/t12-/m1/s1. The molecule has 8 heteroatoms. The summed E-state index contributed by atoms with van der Waals surface area (Å²) < 4.78 is 11.4. The van der Waals surface area contributed by atoms with E-state index in [9.17, 15) is 9.59 Å². The van der Waals surface area contributed by atoms with Gasteiger partial charge < -0.3 is 14.8 Å². The van der Waals surface area contributed by atoms with E-state index in [1.54, 1.807) is 18.2 Å². The normalized spacial score (nSPS) is 11.6. The summed E-state index contributed by atoms with van der Waals surface area (Å²) in [4.78, 5) is 24.1. The van der Waals surface area contributed by atoms with E-state index in [0.717, 1.165) is 15.6 Å². The maximum atomic E-state index is 12.1. The van der Waals surface area contributed by atoms with Gasteiger partial charge in [0.25, 0.3) is 5.91 Å². The summed E-state index contributed by atoms with van der Waals surface area (Å²) in [6.07, 6.45) is -0.937. The average molecular weight is 475 g/mol. The predicted octanol–water partition coefficient (Wildman–Crippen LogP) is 5.32. The molecule has 1 atom stereocenters. The predicted molar refractivity (Wildman–Crippen MR) is 110 cm³/mol. The van der Waals surface area contributed by atoms with E-state index >= 15 is 0 Å². The Bertz CT molecular complexity index is 873. The molecule has 1 amide bonds. The lowest BCUT2D eigenvalue weighted by molar-refractivity contribution is -0.153. The van der Waals surface area contributed by atoms with E-state index in [1.807, 2.05) is 19.9 Å². The third-order valence-electron chi connectivity index (χ3n) is 3.87. The molecule has 2 aromatic carbocycles. The van der Waals surface area contributed by atoms with Crippen LogP contribution in [0.25, 0.3) is 0 Å². The summed E-state index contributed by atoms with van der Waals surface area (Å²) in [7, 11) is 0. The molecule has 2 aromatic rings. The van der Waals surface area contributed by atoms with Gasteiger partial charge in [-0.15, -0.1) is 0 Å². The number of anilines is 1. The fourth-order valence-electron chi connectivity index (χ4n) is 2.17. The summed E-state index contributed by atoms with van der Waals surface area (Å²) in [5.74, 6) is -0.819. The Labute approximate surface area is 176 Å². The average Bonchev–Trinajstić information content (AvgIpc) is 2.62. The molecule has 0 aliphatic heterocycles. The van der Waals surface area contributed by atoms with Crippen LogP contribution in [0.5, 0.6) is 5.75 Å². The molecular formula is C19H18BrCl2NO4. The van der Waals surface area contributed by atoms with Gasteiger partial charge in [-0.25, -0.2) is 4.79 Å². The molecule has 0 fully saturated rings. The van der Waals surface area contributed by atoms with Gasteiger partial charge in [-0.1, -0.05) is 39.1 Å². The largest absolute Gasteiger partial charge is 0.477 e. The quantitative estimate of drug-likeness (QED) is 0.575. The van der Waals surface area contributed by atoms with Crippen LogP contribution in [-0.4, -0.2) is 24.6 Å². The molecule has 0 aromatic heterocycles. The summed E-state index contributed by atoms with van der Waals surface area (Å²) in [6.45, 7) is 4.92. The van der Waals surface area contributed by atoms with Gasteiger partial charge in [0.2, 0.25) is 0 Å². The van der Waals surface area contributed by atoms with Gasteiger partial charge in [0, 0.05) is 15.2 Å². The molecule has 144 valence electrons. The van der Waals surface area contributed by atoms with Gasteiger partial charge in [-0.3, -0.25) is 4.79 Å². The number of carbonyl (C=O) groups is 2. The van der Waals surface area contributed by atoms with Crippen molar-refractivity contribution < 1.29 is 19.1 Å². The molecular weight excluding hydrogens is 457 g/mol. The number of rotatable bonds is 6. The van der Waals surface area contributed by atoms with Crippen LogP contribution in [0.2, 0.25) is 10.0 Å². The second-order valence-corrected chi connectivity index (χ2v) is 7.53. The first-order chi connectivity index (χ1) is 12.7. The molecule has 5 nitrogen and oxygen atoms in total. The molecule has 1 N–H and O–H groups in total. The number of ether oxygens (including phenoxy) is 2. The Morgan fingerprint density at radius 3 is 2.52 bits per heavy atom. The third-order valence-corrected chi connectivity index (χ3v) is 5.26. The number of nitrogens with one attached hydrogen (secondary N) is 1. The van der Waals surface area contributed by atoms with Crippen molar-refractivity contribution >= 4 is 56.7 Å². The summed E-state index contributed by atoms with van der Waals surface area (Å²) in [6, 6.07) is 8.28. The summed E-state index contributed by atoms with van der Waals surface area (Å²) >= 11 is 15.3. The monoisotopic (exact) mass is 473 g/mol. The van der Waals surface area contributed by atoms with Crippen molar-refractivity contribution in [2.45, 2.75) is 26.9 Å². The Morgan fingerprint density at radius 1 is 1.15 bits per heavy atom. The van der Waals surface area contributed by atoms with E-state index in [1.165, 1.54) is 13.0 Å². The van der Waals surface area contributed by atoms with Crippen molar-refractivity contribution in [1.82, 2.24) is 0 Å². The van der Waals surface area contributed by atoms with Crippen LogP contribution < -0.4 is 10.1 Å². The lowest BCUT2D eigenvalue weighted by Gasteiger charge is -2.15. The smallest absolute Gasteiger partial charge is 0.347 e. The SMILES string of the molecule is Cc1c(Br)ccc(NC(=O)COC(=O)[C@@H](C)Oc2ccc(Cl)cc2Cl)c1C. The van der Waals surface area contributed by atoms with Crippen LogP contribution in [-0.2, 0) is 14.3 Å². The molecule has 0 spiro atoms. The number of halogens is 3. The first-order valence-electron chi connectivity index (χ1n) is 8.03. The lowest BCUT2D eigenvalue weighted by Crippen LogP contribution is -2.30. The summed E-state index contributed by atoms with van der Waals surface area (Å²) in [5, 5.41) is 3.46. The topological polar surface area (TPSA) is 64.6 Å². The Hall–Kier alpha value is -1.76. The highest BCUT2D eigenvalue weighted by Crippen LogP contribution is 2.28. The molecule has 0 heterocycles. The van der Waals surface area contributed by atoms with Crippen molar-refractivity contribution in [3.05, 3.63) is 56.0 Å². The minimum atomic E-state index is -0.937. The van der Waals surface area contributed by atoms with Gasteiger partial charge in [0.1, 0.15) is 5.75 Å². The lowest BCUT2D eigenvalue weighted by atomic mass is 10.1. The van der Waals surface area contributed by atoms with Crippen LogP contribution in [0.15, 0.2) is 34.8 Å². The van der Waals surface area contributed by atoms with Crippen molar-refractivity contribution in [3.63, 3.8) is 0 Å².